The number of carboxylic acid groups (broad SMARTS) is 1. The molecule has 6 nitrogen and oxygen atoms in total. The van der Waals surface area contributed by atoms with E-state index in [0.29, 0.717) is 11.7 Å². The molecule has 2 rings (SSSR count). The zero-order valence-corrected chi connectivity index (χ0v) is 11.4. The van der Waals surface area contributed by atoms with Gasteiger partial charge in [-0.3, -0.25) is 9.78 Å². The van der Waals surface area contributed by atoms with E-state index in [9.17, 15) is 9.59 Å². The second-order valence-corrected chi connectivity index (χ2v) is 5.09. The molecule has 0 aromatic carbocycles. The summed E-state index contributed by atoms with van der Waals surface area (Å²) in [6.07, 6.45) is 4.81. The van der Waals surface area contributed by atoms with Crippen LogP contribution in [0.4, 0.5) is 0 Å². The van der Waals surface area contributed by atoms with Crippen LogP contribution in [0.5, 0.6) is 5.75 Å². The van der Waals surface area contributed by atoms with Crippen molar-refractivity contribution in [3.63, 3.8) is 0 Å². The predicted molar refractivity (Wildman–Crippen MR) is 71.7 cm³/mol. The highest BCUT2D eigenvalue weighted by atomic mass is 16.5. The lowest BCUT2D eigenvalue weighted by Gasteiger charge is -2.30. The molecule has 1 amide bonds. The molecular weight excluding hydrogens is 260 g/mol. The van der Waals surface area contributed by atoms with Gasteiger partial charge in [0.15, 0.2) is 6.61 Å². The number of pyridine rings is 1. The summed E-state index contributed by atoms with van der Waals surface area (Å²) >= 11 is 0. The average Bonchev–Trinajstić information content (AvgIpc) is 2.45. The maximum atomic E-state index is 12.0. The molecule has 20 heavy (non-hydrogen) atoms. The summed E-state index contributed by atoms with van der Waals surface area (Å²) < 4.78 is 5.33. The number of hydrogen-bond acceptors (Lipinski definition) is 4. The van der Waals surface area contributed by atoms with Gasteiger partial charge in [0.25, 0.3) is 5.91 Å². The minimum Gasteiger partial charge on any atom is -0.482 e. The molecule has 1 N–H and O–H groups in total. The van der Waals surface area contributed by atoms with Crippen molar-refractivity contribution >= 4 is 11.9 Å². The monoisotopic (exact) mass is 278 g/mol. The lowest BCUT2D eigenvalue weighted by molar-refractivity contribution is -0.135. The maximum absolute atomic E-state index is 12.0. The maximum Gasteiger partial charge on any atom is 0.337 e. The van der Waals surface area contributed by atoms with Crippen LogP contribution < -0.4 is 4.74 Å². The third-order valence-electron chi connectivity index (χ3n) is 3.33. The molecule has 1 fully saturated rings. The van der Waals surface area contributed by atoms with Crippen molar-refractivity contribution in [2.24, 2.45) is 5.92 Å². The Bertz CT molecular complexity index is 504. The van der Waals surface area contributed by atoms with Gasteiger partial charge in [0.1, 0.15) is 5.75 Å². The fourth-order valence-corrected chi connectivity index (χ4v) is 2.27. The zero-order valence-electron chi connectivity index (χ0n) is 11.4. The van der Waals surface area contributed by atoms with E-state index in [1.807, 2.05) is 0 Å². The van der Waals surface area contributed by atoms with E-state index in [0.717, 1.165) is 25.9 Å². The number of rotatable bonds is 4. The molecule has 108 valence electrons. The van der Waals surface area contributed by atoms with Gasteiger partial charge in [-0.2, -0.15) is 0 Å². The van der Waals surface area contributed by atoms with Gasteiger partial charge in [-0.25, -0.2) is 4.79 Å². The summed E-state index contributed by atoms with van der Waals surface area (Å²) in [5, 5.41) is 8.85. The normalized spacial score (nSPS) is 18.6. The molecule has 0 saturated carbocycles. The molecule has 1 unspecified atom stereocenters. The van der Waals surface area contributed by atoms with Crippen LogP contribution in [-0.4, -0.2) is 46.6 Å². The number of carboxylic acids is 1. The van der Waals surface area contributed by atoms with Crippen LogP contribution in [0.15, 0.2) is 18.5 Å². The largest absolute Gasteiger partial charge is 0.482 e. The van der Waals surface area contributed by atoms with Gasteiger partial charge in [-0.15, -0.1) is 0 Å². The molecule has 1 aromatic heterocycles. The fourth-order valence-electron chi connectivity index (χ4n) is 2.27. The Kier molecular flexibility index (Phi) is 4.55. The second kappa shape index (κ2) is 6.36. The molecule has 1 aliphatic heterocycles. The van der Waals surface area contributed by atoms with E-state index < -0.39 is 5.97 Å². The number of likely N-dealkylation sites (tertiary alicyclic amines) is 1. The first-order valence-corrected chi connectivity index (χ1v) is 6.65. The Balaban J connectivity index is 1.89. The van der Waals surface area contributed by atoms with Gasteiger partial charge >= 0.3 is 5.97 Å². The first-order chi connectivity index (χ1) is 9.56. The van der Waals surface area contributed by atoms with Crippen LogP contribution >= 0.6 is 0 Å². The number of nitrogens with zero attached hydrogens (tertiary/aromatic N) is 2. The molecule has 1 aromatic rings. The van der Waals surface area contributed by atoms with E-state index in [2.05, 4.69) is 11.9 Å². The van der Waals surface area contributed by atoms with Gasteiger partial charge in [-0.1, -0.05) is 6.92 Å². The van der Waals surface area contributed by atoms with Gasteiger partial charge in [-0.05, 0) is 24.8 Å². The van der Waals surface area contributed by atoms with E-state index in [1.54, 1.807) is 4.90 Å². The van der Waals surface area contributed by atoms with Crippen molar-refractivity contribution < 1.29 is 19.4 Å². The molecular formula is C14H18N2O4. The molecule has 1 aliphatic rings. The van der Waals surface area contributed by atoms with E-state index >= 15 is 0 Å². The molecule has 6 heteroatoms. The second-order valence-electron chi connectivity index (χ2n) is 5.09. The van der Waals surface area contributed by atoms with Crippen LogP contribution in [-0.2, 0) is 4.79 Å². The topological polar surface area (TPSA) is 79.7 Å². The van der Waals surface area contributed by atoms with Crippen molar-refractivity contribution in [1.82, 2.24) is 9.88 Å². The number of aromatic nitrogens is 1. The van der Waals surface area contributed by atoms with E-state index in [-0.39, 0.29) is 18.1 Å². The number of carbonyl (C=O) groups excluding carboxylic acids is 1. The summed E-state index contributed by atoms with van der Waals surface area (Å²) in [6.45, 7) is 3.56. The lowest BCUT2D eigenvalue weighted by atomic mass is 10.0. The molecule has 1 saturated heterocycles. The molecule has 2 heterocycles. The third-order valence-corrected chi connectivity index (χ3v) is 3.33. The highest BCUT2D eigenvalue weighted by Crippen LogP contribution is 2.16. The SMILES string of the molecule is CC1CCCN(C(=O)COc2cncc(C(=O)O)c2)C1. The van der Waals surface area contributed by atoms with Crippen LogP contribution in [0, 0.1) is 5.92 Å². The summed E-state index contributed by atoms with van der Waals surface area (Å²) in [4.78, 5) is 28.4. The van der Waals surface area contributed by atoms with Crippen molar-refractivity contribution in [1.29, 1.82) is 0 Å². The number of piperidine rings is 1. The molecule has 0 aliphatic carbocycles. The van der Waals surface area contributed by atoms with Gasteiger partial charge < -0.3 is 14.7 Å². The van der Waals surface area contributed by atoms with Gasteiger partial charge in [0.05, 0.1) is 11.8 Å². The Hall–Kier alpha value is -2.11. The summed E-state index contributed by atoms with van der Waals surface area (Å²) in [7, 11) is 0. The van der Waals surface area contributed by atoms with Crippen LogP contribution in [0.3, 0.4) is 0 Å². The highest BCUT2D eigenvalue weighted by molar-refractivity contribution is 5.87. The number of ether oxygens (including phenoxy) is 1. The molecule has 0 bridgehead atoms. The number of aromatic carboxylic acids is 1. The van der Waals surface area contributed by atoms with Gasteiger partial charge in [0, 0.05) is 19.3 Å². The smallest absolute Gasteiger partial charge is 0.337 e. The zero-order chi connectivity index (χ0) is 14.5. The standard InChI is InChI=1S/C14H18N2O4/c1-10-3-2-4-16(8-10)13(17)9-20-12-5-11(14(18)19)6-15-7-12/h5-7,10H,2-4,8-9H2,1H3,(H,18,19). The van der Waals surface area contributed by atoms with Crippen molar-refractivity contribution in [3.05, 3.63) is 24.0 Å². The average molecular weight is 278 g/mol. The highest BCUT2D eigenvalue weighted by Gasteiger charge is 2.21. The van der Waals surface area contributed by atoms with Crippen molar-refractivity contribution in [2.75, 3.05) is 19.7 Å². The van der Waals surface area contributed by atoms with Crippen molar-refractivity contribution in [3.8, 4) is 5.75 Å². The summed E-state index contributed by atoms with van der Waals surface area (Å²) in [5.41, 5.74) is 0.0431. The number of hydrogen-bond donors (Lipinski definition) is 1. The number of amides is 1. The van der Waals surface area contributed by atoms with Crippen LogP contribution in [0.2, 0.25) is 0 Å². The fraction of sp³-hybridized carbons (Fsp3) is 0.500. The minimum absolute atomic E-state index is 0.0431. The Morgan fingerprint density at radius 2 is 2.30 bits per heavy atom. The third kappa shape index (κ3) is 3.69. The quantitative estimate of drug-likeness (QED) is 0.901. The van der Waals surface area contributed by atoms with Crippen LogP contribution in [0.1, 0.15) is 30.1 Å². The Morgan fingerprint density at radius 3 is 3.00 bits per heavy atom. The lowest BCUT2D eigenvalue weighted by Crippen LogP contribution is -2.41. The van der Waals surface area contributed by atoms with E-state index in [4.69, 9.17) is 9.84 Å². The predicted octanol–water partition coefficient (Wildman–Crippen LogP) is 1.42. The van der Waals surface area contributed by atoms with Crippen molar-refractivity contribution in [2.45, 2.75) is 19.8 Å². The number of carbonyl (C=O) groups is 2. The summed E-state index contributed by atoms with van der Waals surface area (Å²) in [6, 6.07) is 1.36. The summed E-state index contributed by atoms with van der Waals surface area (Å²) in [5.74, 6) is -0.329. The first kappa shape index (κ1) is 14.3. The van der Waals surface area contributed by atoms with Gasteiger partial charge in [0.2, 0.25) is 0 Å². The van der Waals surface area contributed by atoms with Crippen LogP contribution in [0.25, 0.3) is 0 Å². The molecule has 0 spiro atoms. The molecule has 1 atom stereocenters. The first-order valence-electron chi connectivity index (χ1n) is 6.65. The Morgan fingerprint density at radius 1 is 1.50 bits per heavy atom. The Labute approximate surface area is 117 Å². The van der Waals surface area contributed by atoms with E-state index in [1.165, 1.54) is 18.5 Å². The molecule has 0 radical (unpaired) electrons. The minimum atomic E-state index is -1.07.